The summed E-state index contributed by atoms with van der Waals surface area (Å²) >= 11 is 0. The Bertz CT molecular complexity index is 1310. The van der Waals surface area contributed by atoms with Gasteiger partial charge in [-0.05, 0) is 31.8 Å². The molecule has 1 spiro atoms. The van der Waals surface area contributed by atoms with Crippen molar-refractivity contribution in [1.82, 2.24) is 0 Å². The van der Waals surface area contributed by atoms with Crippen LogP contribution in [0.2, 0.25) is 0 Å². The number of nitrogens with zero attached hydrogens (tertiary/aromatic N) is 2. The number of hydrogen-bond acceptors (Lipinski definition) is 14. The first-order chi connectivity index (χ1) is 24.2. The maximum Gasteiger partial charge on any atom is 0.341 e. The average Bonchev–Trinajstić information content (AvgIpc) is 3.67. The Morgan fingerprint density at radius 2 is 1.53 bits per heavy atom. The van der Waals surface area contributed by atoms with Crippen molar-refractivity contribution in [3.8, 4) is 0 Å². The molecule has 2 bridgehead atoms. The molecule has 0 aliphatic carbocycles. The highest BCUT2D eigenvalue weighted by Gasteiger charge is 2.58. The number of aliphatic hydroxyl groups is 2. The van der Waals surface area contributed by atoms with Crippen molar-refractivity contribution in [2.45, 2.75) is 131 Å². The molecule has 0 aromatic heterocycles. The van der Waals surface area contributed by atoms with Crippen LogP contribution in [0.15, 0.2) is 12.2 Å². The number of ether oxygens (including phenoxy) is 7. The lowest BCUT2D eigenvalue weighted by atomic mass is 9.85. The molecular weight excluding hydrogens is 691 g/mol. The van der Waals surface area contributed by atoms with Crippen molar-refractivity contribution in [1.29, 1.82) is 0 Å². The summed E-state index contributed by atoms with van der Waals surface area (Å²) in [6.45, 7) is 18.2. The van der Waals surface area contributed by atoms with Gasteiger partial charge in [0.05, 0.1) is 58.0 Å². The first-order valence-corrected chi connectivity index (χ1v) is 18.8. The van der Waals surface area contributed by atoms with E-state index in [2.05, 4.69) is 28.2 Å². The van der Waals surface area contributed by atoms with E-state index in [1.807, 2.05) is 13.8 Å². The number of esters is 2. The molecule has 0 radical (unpaired) electrons. The van der Waals surface area contributed by atoms with Crippen molar-refractivity contribution in [3.05, 3.63) is 35.0 Å². The fourth-order valence-corrected chi connectivity index (χ4v) is 7.81. The first-order valence-electron chi connectivity index (χ1n) is 17.1. The molecule has 2 N–H and O–H groups in total. The predicted molar refractivity (Wildman–Crippen MR) is 180 cm³/mol. The third kappa shape index (κ3) is 11.5. The molecule has 51 heavy (non-hydrogen) atoms. The zero-order valence-corrected chi connectivity index (χ0v) is 31.2. The van der Waals surface area contributed by atoms with Crippen LogP contribution in [0.4, 0.5) is 0 Å². The zero-order chi connectivity index (χ0) is 37.8. The molecule has 17 heteroatoms. The molecule has 288 valence electrons. The average molecular weight is 745 g/mol. The van der Waals surface area contributed by atoms with Gasteiger partial charge in [-0.15, -0.1) is 0 Å². The quantitative estimate of drug-likeness (QED) is 0.136. The Balaban J connectivity index is 0.000000219. The second-order valence-electron chi connectivity index (χ2n) is 13.4. The van der Waals surface area contributed by atoms with Gasteiger partial charge in [-0.25, -0.2) is 17.9 Å². The van der Waals surface area contributed by atoms with Crippen LogP contribution < -0.4 is 0 Å². The summed E-state index contributed by atoms with van der Waals surface area (Å²) in [6.07, 6.45) is 7.38. The number of rotatable bonds is 11. The van der Waals surface area contributed by atoms with E-state index in [4.69, 9.17) is 36.8 Å². The van der Waals surface area contributed by atoms with Gasteiger partial charge in [-0.3, -0.25) is 9.36 Å². The molecule has 5 aliphatic rings. The van der Waals surface area contributed by atoms with Crippen LogP contribution in [0, 0.1) is 13.1 Å². The predicted octanol–water partition coefficient (Wildman–Crippen LogP) is 3.23. The minimum atomic E-state index is -3.23. The fourth-order valence-electron chi connectivity index (χ4n) is 6.96. The summed E-state index contributed by atoms with van der Waals surface area (Å²) in [5, 5.41) is 19.5. The number of carbonyl (C=O) groups excluding carboxylic acids is 2. The van der Waals surface area contributed by atoms with Crippen LogP contribution in [0.25, 0.3) is 9.69 Å². The van der Waals surface area contributed by atoms with Crippen LogP contribution in [0.1, 0.15) is 65.2 Å². The van der Waals surface area contributed by atoms with Gasteiger partial charge in [0.2, 0.25) is 12.1 Å². The lowest BCUT2D eigenvalue weighted by Crippen LogP contribution is -2.54. The molecule has 5 heterocycles. The summed E-state index contributed by atoms with van der Waals surface area (Å²) in [5.74, 6) is -1.04. The van der Waals surface area contributed by atoms with Crippen LogP contribution in [-0.4, -0.2) is 136 Å². The molecule has 5 aliphatic heterocycles. The van der Waals surface area contributed by atoms with E-state index in [1.54, 1.807) is 6.08 Å². The maximum atomic E-state index is 11.2. The summed E-state index contributed by atoms with van der Waals surface area (Å²) in [6, 6.07) is -0.0919. The van der Waals surface area contributed by atoms with Crippen LogP contribution in [0.3, 0.4) is 0 Å². The van der Waals surface area contributed by atoms with Gasteiger partial charge in [0.1, 0.15) is 23.5 Å². The SMILES string of the molecule is COC(=O)CP(=O)(OC)OC.[C-]#[N+][C@H](C)C[C@H]1CC[C@@H]2O[C@@H](/C=C/C(=O)OC)C[C@]2(CO)O1.[C-]#[N+][C@H](C)C[C@H]1CC[C@@H]2O[C@@H]3CC2(COC3O)O1. The van der Waals surface area contributed by atoms with Crippen molar-refractivity contribution in [2.24, 2.45) is 0 Å². The van der Waals surface area contributed by atoms with Gasteiger partial charge in [0, 0.05) is 59.8 Å². The minimum absolute atomic E-state index is 0.00355. The molecule has 0 amide bonds. The minimum Gasteiger partial charge on any atom is -0.469 e. The molecule has 0 saturated carbocycles. The molecule has 0 aromatic carbocycles. The van der Waals surface area contributed by atoms with E-state index in [0.717, 1.165) is 32.1 Å². The second kappa shape index (κ2) is 19.6. The topological polar surface area (TPSA) is 183 Å². The van der Waals surface area contributed by atoms with Crippen LogP contribution in [-0.2, 0) is 56.4 Å². The third-order valence-electron chi connectivity index (χ3n) is 9.74. The van der Waals surface area contributed by atoms with Gasteiger partial charge in [-0.1, -0.05) is 0 Å². The van der Waals surface area contributed by atoms with E-state index in [9.17, 15) is 24.4 Å². The molecule has 5 saturated heterocycles. The molecule has 0 aromatic rings. The number of aliphatic hydroxyl groups excluding tert-OH is 2. The summed E-state index contributed by atoms with van der Waals surface area (Å²) < 4.78 is 58.4. The Hall–Kier alpha value is -2.47. The van der Waals surface area contributed by atoms with Crippen LogP contribution >= 0.6 is 7.60 Å². The largest absolute Gasteiger partial charge is 0.469 e. The van der Waals surface area contributed by atoms with Crippen molar-refractivity contribution < 1.29 is 66.6 Å². The smallest absolute Gasteiger partial charge is 0.341 e. The van der Waals surface area contributed by atoms with E-state index in [1.165, 1.54) is 34.5 Å². The highest BCUT2D eigenvalue weighted by atomic mass is 31.2. The standard InChI is InChI=1S/C16H23NO5.C13H19NO4.C5H11O5P/c1-11(17-2)8-12-4-6-14-16(10-18,22-12)9-13(21-14)5-7-15(19)20-3;1-8(14-2)5-9-3-4-11-13(18-9)6-10(17-11)12(15)16-7-13;1-8-5(6)4-11(7,9-2)10-3/h5,7,11-14,18H,4,6,8-10H2,1,3H3;8-12,15H,3-7H2,1H3;4H2,1-3H3/b7-5+;;/t11-,12-,13+,14+,16-;8-,9-,10-,11+,12?,13?;/m11./s1. The fraction of sp³-hybridized carbons (Fsp3) is 0.824. The van der Waals surface area contributed by atoms with Crippen molar-refractivity contribution in [2.75, 3.05) is 47.8 Å². The summed E-state index contributed by atoms with van der Waals surface area (Å²) in [7, 11) is 1.73. The second-order valence-corrected chi connectivity index (χ2v) is 15.6. The Morgan fingerprint density at radius 1 is 0.922 bits per heavy atom. The Morgan fingerprint density at radius 3 is 2.08 bits per heavy atom. The molecule has 5 fully saturated rings. The van der Waals surface area contributed by atoms with Crippen molar-refractivity contribution in [3.63, 3.8) is 0 Å². The highest BCUT2D eigenvalue weighted by molar-refractivity contribution is 7.54. The number of carbonyl (C=O) groups is 2. The Kier molecular flexibility index (Phi) is 16.5. The number of hydrogen-bond donors (Lipinski definition) is 2. The van der Waals surface area contributed by atoms with Gasteiger partial charge in [-0.2, -0.15) is 0 Å². The number of fused-ring (bicyclic) bond motifs is 2. The Labute approximate surface area is 300 Å². The van der Waals surface area contributed by atoms with E-state index in [0.29, 0.717) is 25.9 Å². The normalized spacial score (nSPS) is 34.9. The lowest BCUT2D eigenvalue weighted by Gasteiger charge is -2.42. The maximum absolute atomic E-state index is 11.2. The van der Waals surface area contributed by atoms with Crippen LogP contribution in [0.5, 0.6) is 0 Å². The monoisotopic (exact) mass is 744 g/mol. The highest BCUT2D eigenvalue weighted by Crippen LogP contribution is 2.47. The molecule has 11 atom stereocenters. The molecule has 5 rings (SSSR count). The molecule has 2 unspecified atom stereocenters. The van der Waals surface area contributed by atoms with E-state index >= 15 is 0 Å². The third-order valence-corrected chi connectivity index (χ3v) is 11.5. The number of methoxy groups -OCH3 is 2. The zero-order valence-electron chi connectivity index (χ0n) is 30.3. The lowest BCUT2D eigenvalue weighted by molar-refractivity contribution is -0.223. The van der Waals surface area contributed by atoms with Gasteiger partial charge < -0.3 is 62.1 Å². The molecular formula is C34H53N2O14P. The van der Waals surface area contributed by atoms with E-state index in [-0.39, 0.29) is 67.1 Å². The molecule has 16 nitrogen and oxygen atoms in total. The van der Waals surface area contributed by atoms with Crippen molar-refractivity contribution >= 4 is 19.5 Å². The van der Waals surface area contributed by atoms with E-state index < -0.39 is 31.4 Å². The summed E-state index contributed by atoms with van der Waals surface area (Å²) in [4.78, 5) is 28.8. The van der Waals surface area contributed by atoms with Gasteiger partial charge in [0.15, 0.2) is 6.29 Å². The van der Waals surface area contributed by atoms with Gasteiger partial charge >= 0.3 is 19.5 Å². The first kappa shape index (κ1) is 42.9. The summed E-state index contributed by atoms with van der Waals surface area (Å²) in [5.41, 5.74) is -1.11. The van der Waals surface area contributed by atoms with Gasteiger partial charge in [0.25, 0.3) is 0 Å².